The zero-order valence-corrected chi connectivity index (χ0v) is 11.4. The molecule has 0 N–H and O–H groups in total. The lowest BCUT2D eigenvalue weighted by molar-refractivity contribution is -0.109. The Kier molecular flexibility index (Phi) is 5.86. The van der Waals surface area contributed by atoms with Crippen LogP contribution in [0.15, 0.2) is 24.3 Å². The van der Waals surface area contributed by atoms with Crippen LogP contribution in [0.1, 0.15) is 44.2 Å². The summed E-state index contributed by atoms with van der Waals surface area (Å²) >= 11 is 1.33. The molecule has 1 nitrogen and oxygen atoms in total. The molecular formula is C15H18OS. The number of hydrogen-bond donors (Lipinski definition) is 0. The summed E-state index contributed by atoms with van der Waals surface area (Å²) in [6.45, 7) is 5.94. The van der Waals surface area contributed by atoms with Gasteiger partial charge in [-0.25, -0.2) is 0 Å². The van der Waals surface area contributed by atoms with Gasteiger partial charge < -0.3 is 0 Å². The van der Waals surface area contributed by atoms with E-state index in [4.69, 9.17) is 0 Å². The molecule has 0 aromatic heterocycles. The highest BCUT2D eigenvalue weighted by Crippen LogP contribution is 2.14. The van der Waals surface area contributed by atoms with Gasteiger partial charge in [0.15, 0.2) is 5.12 Å². The number of thioether (sulfide) groups is 1. The minimum absolute atomic E-state index is 0.161. The summed E-state index contributed by atoms with van der Waals surface area (Å²) in [5.74, 6) is 7.56. The first-order valence-electron chi connectivity index (χ1n) is 5.82. The average molecular weight is 246 g/mol. The van der Waals surface area contributed by atoms with Gasteiger partial charge in [0, 0.05) is 24.7 Å². The first-order chi connectivity index (χ1) is 8.09. The fourth-order valence-corrected chi connectivity index (χ4v) is 1.88. The number of carbonyl (C=O) groups excluding carboxylic acids is 1. The standard InChI is InChI=1S/C15H18OS/c1-12(2)15-9-6-8-14(11-15)7-4-5-10-17-13(3)16/h6,8-9,11-12H,5,10H2,1-3H3. The SMILES string of the molecule is CC(=O)SCCC#Cc1cccc(C(C)C)c1. The second kappa shape index (κ2) is 7.19. The first kappa shape index (κ1) is 13.9. The summed E-state index contributed by atoms with van der Waals surface area (Å²) in [5.41, 5.74) is 2.37. The van der Waals surface area contributed by atoms with Gasteiger partial charge in [-0.2, -0.15) is 0 Å². The summed E-state index contributed by atoms with van der Waals surface area (Å²) in [6.07, 6.45) is 0.760. The van der Waals surface area contributed by atoms with Gasteiger partial charge in [-0.15, -0.1) is 0 Å². The minimum atomic E-state index is 0.161. The second-order valence-corrected chi connectivity index (χ2v) is 5.44. The van der Waals surface area contributed by atoms with Crippen molar-refractivity contribution in [2.75, 3.05) is 5.75 Å². The van der Waals surface area contributed by atoms with Crippen molar-refractivity contribution < 1.29 is 4.79 Å². The lowest BCUT2D eigenvalue weighted by Crippen LogP contribution is -1.87. The van der Waals surface area contributed by atoms with Gasteiger partial charge in [-0.05, 0) is 23.6 Å². The van der Waals surface area contributed by atoms with E-state index in [0.717, 1.165) is 17.7 Å². The van der Waals surface area contributed by atoms with Crippen molar-refractivity contribution in [3.63, 3.8) is 0 Å². The highest BCUT2D eigenvalue weighted by Gasteiger charge is 1.98. The van der Waals surface area contributed by atoms with Crippen LogP contribution in [-0.2, 0) is 4.79 Å². The predicted octanol–water partition coefficient (Wildman–Crippen LogP) is 3.83. The van der Waals surface area contributed by atoms with Crippen LogP contribution in [-0.4, -0.2) is 10.9 Å². The molecule has 0 spiro atoms. The van der Waals surface area contributed by atoms with Gasteiger partial charge in [0.25, 0.3) is 0 Å². The molecule has 0 aliphatic heterocycles. The van der Waals surface area contributed by atoms with E-state index >= 15 is 0 Å². The van der Waals surface area contributed by atoms with E-state index in [0.29, 0.717) is 5.92 Å². The van der Waals surface area contributed by atoms with Crippen molar-refractivity contribution in [1.82, 2.24) is 0 Å². The van der Waals surface area contributed by atoms with Crippen molar-refractivity contribution in [3.05, 3.63) is 35.4 Å². The van der Waals surface area contributed by atoms with Gasteiger partial charge in [0.1, 0.15) is 0 Å². The number of hydrogen-bond acceptors (Lipinski definition) is 2. The van der Waals surface area contributed by atoms with E-state index in [2.05, 4.69) is 37.8 Å². The van der Waals surface area contributed by atoms with Crippen LogP contribution in [0.4, 0.5) is 0 Å². The summed E-state index contributed by atoms with van der Waals surface area (Å²) in [6, 6.07) is 8.33. The monoisotopic (exact) mass is 246 g/mol. The van der Waals surface area contributed by atoms with Crippen LogP contribution in [0.3, 0.4) is 0 Å². The van der Waals surface area contributed by atoms with Gasteiger partial charge >= 0.3 is 0 Å². The average Bonchev–Trinajstić information content (AvgIpc) is 2.28. The van der Waals surface area contributed by atoms with Crippen molar-refractivity contribution >= 4 is 16.9 Å². The third-order valence-electron chi connectivity index (χ3n) is 2.32. The zero-order valence-electron chi connectivity index (χ0n) is 10.6. The van der Waals surface area contributed by atoms with Crippen LogP contribution in [0.2, 0.25) is 0 Å². The fourth-order valence-electron chi connectivity index (χ4n) is 1.39. The molecule has 0 fully saturated rings. The molecule has 0 saturated heterocycles. The third kappa shape index (κ3) is 5.60. The van der Waals surface area contributed by atoms with Crippen molar-refractivity contribution in [2.24, 2.45) is 0 Å². The minimum Gasteiger partial charge on any atom is -0.288 e. The van der Waals surface area contributed by atoms with E-state index in [1.54, 1.807) is 6.92 Å². The zero-order chi connectivity index (χ0) is 12.7. The van der Waals surface area contributed by atoms with Crippen LogP contribution in [0, 0.1) is 11.8 Å². The molecule has 0 bridgehead atoms. The molecule has 0 unspecified atom stereocenters. The van der Waals surface area contributed by atoms with Crippen molar-refractivity contribution in [3.8, 4) is 11.8 Å². The molecular weight excluding hydrogens is 228 g/mol. The van der Waals surface area contributed by atoms with Gasteiger partial charge in [0.2, 0.25) is 0 Å². The van der Waals surface area contributed by atoms with Crippen LogP contribution in [0.25, 0.3) is 0 Å². The van der Waals surface area contributed by atoms with Gasteiger partial charge in [0.05, 0.1) is 0 Å². The Hall–Kier alpha value is -1.20. The maximum atomic E-state index is 10.7. The molecule has 17 heavy (non-hydrogen) atoms. The number of carbonyl (C=O) groups is 1. The topological polar surface area (TPSA) is 17.1 Å². The molecule has 0 heterocycles. The second-order valence-electron chi connectivity index (χ2n) is 4.17. The molecule has 2 heteroatoms. The first-order valence-corrected chi connectivity index (χ1v) is 6.80. The molecule has 1 aromatic rings. The van der Waals surface area contributed by atoms with E-state index in [1.807, 2.05) is 12.1 Å². The smallest absolute Gasteiger partial charge is 0.185 e. The van der Waals surface area contributed by atoms with Crippen LogP contribution in [0.5, 0.6) is 0 Å². The Morgan fingerprint density at radius 2 is 2.18 bits per heavy atom. The van der Waals surface area contributed by atoms with Gasteiger partial charge in [-0.1, -0.05) is 49.6 Å². The Morgan fingerprint density at radius 3 is 2.82 bits per heavy atom. The van der Waals surface area contributed by atoms with E-state index in [-0.39, 0.29) is 5.12 Å². The fraction of sp³-hybridized carbons (Fsp3) is 0.400. The largest absolute Gasteiger partial charge is 0.288 e. The Bertz CT molecular complexity index is 438. The quantitative estimate of drug-likeness (QED) is 0.595. The molecule has 1 rings (SSSR count). The lowest BCUT2D eigenvalue weighted by atomic mass is 10.0. The maximum absolute atomic E-state index is 10.7. The summed E-state index contributed by atoms with van der Waals surface area (Å²) in [7, 11) is 0. The highest BCUT2D eigenvalue weighted by atomic mass is 32.2. The predicted molar refractivity (Wildman–Crippen MR) is 75.2 cm³/mol. The van der Waals surface area contributed by atoms with Crippen molar-refractivity contribution in [1.29, 1.82) is 0 Å². The van der Waals surface area contributed by atoms with E-state index in [1.165, 1.54) is 17.3 Å². The van der Waals surface area contributed by atoms with Gasteiger partial charge in [-0.3, -0.25) is 4.79 Å². The third-order valence-corrected chi connectivity index (χ3v) is 3.13. The Morgan fingerprint density at radius 1 is 1.41 bits per heavy atom. The van der Waals surface area contributed by atoms with Crippen LogP contribution >= 0.6 is 11.8 Å². The molecule has 90 valence electrons. The normalized spacial score (nSPS) is 9.88. The van der Waals surface area contributed by atoms with Crippen molar-refractivity contribution in [2.45, 2.75) is 33.1 Å². The molecule has 0 saturated carbocycles. The molecule has 0 radical (unpaired) electrons. The molecule has 0 aliphatic rings. The highest BCUT2D eigenvalue weighted by molar-refractivity contribution is 8.13. The lowest BCUT2D eigenvalue weighted by Gasteiger charge is -2.04. The van der Waals surface area contributed by atoms with Crippen LogP contribution < -0.4 is 0 Å². The molecule has 0 aliphatic carbocycles. The Labute approximate surface area is 108 Å². The van der Waals surface area contributed by atoms with E-state index < -0.39 is 0 Å². The summed E-state index contributed by atoms with van der Waals surface area (Å²) in [4.78, 5) is 10.7. The number of rotatable bonds is 3. The summed E-state index contributed by atoms with van der Waals surface area (Å²) < 4.78 is 0. The molecule has 0 atom stereocenters. The Balaban J connectivity index is 2.53. The summed E-state index contributed by atoms with van der Waals surface area (Å²) in [5, 5.41) is 0.161. The molecule has 0 amide bonds. The maximum Gasteiger partial charge on any atom is 0.185 e. The molecule has 1 aromatic carbocycles. The van der Waals surface area contributed by atoms with E-state index in [9.17, 15) is 4.79 Å². The number of benzene rings is 1.